The van der Waals surface area contributed by atoms with Gasteiger partial charge in [-0.1, -0.05) is 0 Å². The summed E-state index contributed by atoms with van der Waals surface area (Å²) in [6.45, 7) is 1.80. The number of rotatable bonds is 13. The van der Waals surface area contributed by atoms with E-state index in [-0.39, 0.29) is 16.3 Å². The summed E-state index contributed by atoms with van der Waals surface area (Å²) in [5.41, 5.74) is 3.27. The molecule has 0 aliphatic heterocycles. The lowest BCUT2D eigenvalue weighted by Crippen LogP contribution is -2.39. The number of anilines is 1. The van der Waals surface area contributed by atoms with Crippen LogP contribution in [0.3, 0.4) is 0 Å². The standard InChI is InChI=1S/C27H31N3O8S/c1-6-38-24-13-7-19(15-25(24)36-4)17-28-29-27(31)18-30(20-8-10-21(34-2)11-9-20)39(32,33)22-12-14-23(35-3)26(16-22)37-5/h7-17H,6,18H2,1-5H3,(H,29,31)/b28-17-. The van der Waals surface area contributed by atoms with Crippen LogP contribution in [0.4, 0.5) is 5.69 Å². The number of sulfonamides is 1. The molecule has 208 valence electrons. The van der Waals surface area contributed by atoms with Crippen LogP contribution in [0, 0.1) is 0 Å². The third-order valence-electron chi connectivity index (χ3n) is 5.48. The van der Waals surface area contributed by atoms with Gasteiger partial charge in [0.05, 0.1) is 51.8 Å². The molecule has 1 N–H and O–H groups in total. The van der Waals surface area contributed by atoms with Crippen LogP contribution in [0.15, 0.2) is 70.7 Å². The van der Waals surface area contributed by atoms with Gasteiger partial charge in [0.15, 0.2) is 23.0 Å². The summed E-state index contributed by atoms with van der Waals surface area (Å²) in [4.78, 5) is 12.8. The molecule has 0 bridgehead atoms. The van der Waals surface area contributed by atoms with Crippen molar-refractivity contribution in [2.45, 2.75) is 11.8 Å². The van der Waals surface area contributed by atoms with Crippen molar-refractivity contribution in [1.29, 1.82) is 0 Å². The minimum atomic E-state index is -4.21. The van der Waals surface area contributed by atoms with Gasteiger partial charge in [0.1, 0.15) is 12.3 Å². The van der Waals surface area contributed by atoms with E-state index in [1.807, 2.05) is 6.92 Å². The van der Waals surface area contributed by atoms with E-state index in [0.717, 1.165) is 4.31 Å². The summed E-state index contributed by atoms with van der Waals surface area (Å²) in [5, 5.41) is 3.97. The smallest absolute Gasteiger partial charge is 0.264 e. The van der Waals surface area contributed by atoms with Gasteiger partial charge in [-0.3, -0.25) is 9.10 Å². The first-order valence-electron chi connectivity index (χ1n) is 11.8. The van der Waals surface area contributed by atoms with Gasteiger partial charge < -0.3 is 23.7 Å². The minimum Gasteiger partial charge on any atom is -0.497 e. The molecule has 0 saturated carbocycles. The van der Waals surface area contributed by atoms with Gasteiger partial charge in [-0.05, 0) is 67.1 Å². The molecule has 3 aromatic carbocycles. The zero-order chi connectivity index (χ0) is 28.4. The summed E-state index contributed by atoms with van der Waals surface area (Å²) >= 11 is 0. The topological polar surface area (TPSA) is 125 Å². The van der Waals surface area contributed by atoms with Crippen molar-refractivity contribution < 1.29 is 36.9 Å². The second kappa shape index (κ2) is 13.4. The Morgan fingerprint density at radius 2 is 1.49 bits per heavy atom. The summed E-state index contributed by atoms with van der Waals surface area (Å²) in [5.74, 6) is 1.56. The van der Waals surface area contributed by atoms with Crippen LogP contribution in [0.2, 0.25) is 0 Å². The lowest BCUT2D eigenvalue weighted by Gasteiger charge is -2.24. The Balaban J connectivity index is 1.86. The molecule has 0 fully saturated rings. The van der Waals surface area contributed by atoms with E-state index < -0.39 is 22.5 Å². The van der Waals surface area contributed by atoms with E-state index in [0.29, 0.717) is 35.2 Å². The van der Waals surface area contributed by atoms with E-state index in [1.54, 1.807) is 42.5 Å². The monoisotopic (exact) mass is 557 g/mol. The number of hydrogen-bond acceptors (Lipinski definition) is 9. The van der Waals surface area contributed by atoms with Crippen LogP contribution in [-0.2, 0) is 14.8 Å². The number of carbonyl (C=O) groups is 1. The van der Waals surface area contributed by atoms with E-state index in [1.165, 1.54) is 52.9 Å². The van der Waals surface area contributed by atoms with Gasteiger partial charge in [0, 0.05) is 6.07 Å². The maximum absolute atomic E-state index is 13.7. The molecule has 39 heavy (non-hydrogen) atoms. The summed E-state index contributed by atoms with van der Waals surface area (Å²) in [6, 6.07) is 15.6. The molecule has 0 atom stereocenters. The van der Waals surface area contributed by atoms with Crippen LogP contribution in [-0.4, -0.2) is 62.1 Å². The van der Waals surface area contributed by atoms with Gasteiger partial charge in [0.2, 0.25) is 0 Å². The van der Waals surface area contributed by atoms with Crippen molar-refractivity contribution in [3.8, 4) is 28.7 Å². The van der Waals surface area contributed by atoms with Gasteiger partial charge in [-0.2, -0.15) is 5.10 Å². The third-order valence-corrected chi connectivity index (χ3v) is 7.25. The molecule has 0 heterocycles. The highest BCUT2D eigenvalue weighted by Gasteiger charge is 2.28. The highest BCUT2D eigenvalue weighted by molar-refractivity contribution is 7.92. The highest BCUT2D eigenvalue weighted by Crippen LogP contribution is 2.32. The zero-order valence-corrected chi connectivity index (χ0v) is 23.2. The van der Waals surface area contributed by atoms with Crippen LogP contribution in [0.5, 0.6) is 28.7 Å². The first-order chi connectivity index (χ1) is 18.8. The molecule has 3 rings (SSSR count). The fraction of sp³-hybridized carbons (Fsp3) is 0.259. The number of benzene rings is 3. The normalized spacial score (nSPS) is 11.1. The van der Waals surface area contributed by atoms with Crippen molar-refractivity contribution in [2.24, 2.45) is 5.10 Å². The molecule has 3 aromatic rings. The van der Waals surface area contributed by atoms with Gasteiger partial charge in [-0.25, -0.2) is 13.8 Å². The minimum absolute atomic E-state index is 0.0891. The summed E-state index contributed by atoms with van der Waals surface area (Å²) < 4.78 is 54.8. The molecular weight excluding hydrogens is 526 g/mol. The van der Waals surface area contributed by atoms with Crippen molar-refractivity contribution in [3.63, 3.8) is 0 Å². The first kappa shape index (κ1) is 29.1. The molecule has 0 aliphatic rings. The van der Waals surface area contributed by atoms with E-state index in [4.69, 9.17) is 23.7 Å². The maximum Gasteiger partial charge on any atom is 0.264 e. The van der Waals surface area contributed by atoms with E-state index in [2.05, 4.69) is 10.5 Å². The molecule has 0 saturated heterocycles. The fourth-order valence-electron chi connectivity index (χ4n) is 3.55. The number of nitrogens with zero attached hydrogens (tertiary/aromatic N) is 2. The van der Waals surface area contributed by atoms with Crippen molar-refractivity contribution >= 4 is 27.8 Å². The Morgan fingerprint density at radius 3 is 2.10 bits per heavy atom. The molecule has 0 spiro atoms. The third kappa shape index (κ3) is 7.11. The van der Waals surface area contributed by atoms with Crippen LogP contribution < -0.4 is 33.4 Å². The molecule has 0 aliphatic carbocycles. The SMILES string of the molecule is CCOc1ccc(/C=N\NC(=O)CN(c2ccc(OC)cc2)S(=O)(=O)c2ccc(OC)c(OC)c2)cc1OC. The predicted octanol–water partition coefficient (Wildman–Crippen LogP) is 3.47. The number of hydrazone groups is 1. The van der Waals surface area contributed by atoms with Crippen LogP contribution in [0.1, 0.15) is 12.5 Å². The Bertz CT molecular complexity index is 1410. The van der Waals surface area contributed by atoms with E-state index in [9.17, 15) is 13.2 Å². The summed E-state index contributed by atoms with van der Waals surface area (Å²) in [6.07, 6.45) is 1.41. The van der Waals surface area contributed by atoms with Crippen molar-refractivity contribution in [3.05, 3.63) is 66.2 Å². The lowest BCUT2D eigenvalue weighted by molar-refractivity contribution is -0.119. The quantitative estimate of drug-likeness (QED) is 0.250. The number of methoxy groups -OCH3 is 4. The van der Waals surface area contributed by atoms with Gasteiger partial charge >= 0.3 is 0 Å². The molecule has 11 nitrogen and oxygen atoms in total. The van der Waals surface area contributed by atoms with Crippen molar-refractivity contribution in [2.75, 3.05) is 45.9 Å². The van der Waals surface area contributed by atoms with Crippen LogP contribution in [0.25, 0.3) is 0 Å². The largest absolute Gasteiger partial charge is 0.497 e. The second-order valence-electron chi connectivity index (χ2n) is 7.86. The first-order valence-corrected chi connectivity index (χ1v) is 13.2. The molecule has 0 aromatic heterocycles. The molecule has 0 unspecified atom stereocenters. The lowest BCUT2D eigenvalue weighted by atomic mass is 10.2. The molecular formula is C27H31N3O8S. The number of ether oxygens (including phenoxy) is 5. The average molecular weight is 558 g/mol. The summed E-state index contributed by atoms with van der Waals surface area (Å²) in [7, 11) is 1.66. The fourth-order valence-corrected chi connectivity index (χ4v) is 4.99. The molecule has 12 heteroatoms. The number of nitrogens with one attached hydrogen (secondary N) is 1. The zero-order valence-electron chi connectivity index (χ0n) is 22.3. The van der Waals surface area contributed by atoms with Gasteiger partial charge in [-0.15, -0.1) is 0 Å². The Labute approximate surface area is 227 Å². The van der Waals surface area contributed by atoms with Gasteiger partial charge in [0.25, 0.3) is 15.9 Å². The Morgan fingerprint density at radius 1 is 0.846 bits per heavy atom. The maximum atomic E-state index is 13.7. The average Bonchev–Trinajstić information content (AvgIpc) is 2.96. The Hall–Kier alpha value is -4.45. The van der Waals surface area contributed by atoms with Crippen LogP contribution >= 0.6 is 0 Å². The molecule has 0 radical (unpaired) electrons. The number of amides is 1. The van der Waals surface area contributed by atoms with Crippen molar-refractivity contribution in [1.82, 2.24) is 5.43 Å². The highest BCUT2D eigenvalue weighted by atomic mass is 32.2. The molecule has 1 amide bonds. The Kier molecular flexibility index (Phi) is 9.98. The number of carbonyl (C=O) groups excluding carboxylic acids is 1. The number of hydrogen-bond donors (Lipinski definition) is 1. The van der Waals surface area contributed by atoms with E-state index >= 15 is 0 Å². The second-order valence-corrected chi connectivity index (χ2v) is 9.73. The predicted molar refractivity (Wildman–Crippen MR) is 147 cm³/mol.